The number of nitrogens with zero attached hydrogens (tertiary/aromatic N) is 1. The van der Waals surface area contributed by atoms with E-state index in [4.69, 9.17) is 5.21 Å². The fourth-order valence-electron chi connectivity index (χ4n) is 4.86. The Morgan fingerprint density at radius 2 is 2.07 bits per heavy atom. The van der Waals surface area contributed by atoms with Crippen LogP contribution in [0.4, 0.5) is 4.39 Å². The quantitative estimate of drug-likeness (QED) is 0.462. The van der Waals surface area contributed by atoms with Crippen LogP contribution in [0, 0.1) is 23.1 Å². The van der Waals surface area contributed by atoms with Gasteiger partial charge in [-0.25, -0.2) is 9.87 Å². The van der Waals surface area contributed by atoms with Gasteiger partial charge in [0.25, 0.3) is 5.91 Å². The number of allylic oxidation sites excluding steroid dienone is 1. The summed E-state index contributed by atoms with van der Waals surface area (Å²) in [6.07, 6.45) is 5.87. The molecule has 27 heavy (non-hydrogen) atoms. The summed E-state index contributed by atoms with van der Waals surface area (Å²) in [5.41, 5.74) is 3.99. The number of likely N-dealkylation sites (tertiary alicyclic amines) is 1. The van der Waals surface area contributed by atoms with Crippen molar-refractivity contribution in [2.45, 2.75) is 52.5 Å². The molecule has 1 amide bonds. The molecular weight excluding hydrogens is 343 g/mol. The van der Waals surface area contributed by atoms with Crippen molar-refractivity contribution in [3.63, 3.8) is 0 Å². The van der Waals surface area contributed by atoms with E-state index in [0.29, 0.717) is 23.4 Å². The number of hydrogen-bond acceptors (Lipinski definition) is 3. The van der Waals surface area contributed by atoms with Gasteiger partial charge in [-0.3, -0.25) is 14.9 Å². The van der Waals surface area contributed by atoms with E-state index in [9.17, 15) is 9.18 Å². The van der Waals surface area contributed by atoms with Crippen LogP contribution in [0.25, 0.3) is 0 Å². The van der Waals surface area contributed by atoms with Gasteiger partial charge in [0.15, 0.2) is 0 Å². The van der Waals surface area contributed by atoms with Crippen molar-refractivity contribution in [2.75, 3.05) is 13.1 Å². The van der Waals surface area contributed by atoms with Crippen LogP contribution < -0.4 is 5.48 Å². The van der Waals surface area contributed by atoms with Crippen LogP contribution in [0.3, 0.4) is 0 Å². The van der Waals surface area contributed by atoms with E-state index in [1.807, 2.05) is 0 Å². The Kier molecular flexibility index (Phi) is 6.02. The minimum atomic E-state index is -0.697. The molecule has 0 aromatic heterocycles. The second-order valence-electron chi connectivity index (χ2n) is 8.87. The zero-order valence-corrected chi connectivity index (χ0v) is 16.4. The summed E-state index contributed by atoms with van der Waals surface area (Å²) in [5, 5.41) is 8.66. The van der Waals surface area contributed by atoms with Crippen LogP contribution in [0.15, 0.2) is 30.4 Å². The molecule has 1 aromatic carbocycles. The highest BCUT2D eigenvalue weighted by Gasteiger charge is 2.39. The number of rotatable bonds is 4. The Morgan fingerprint density at radius 3 is 2.67 bits per heavy atom. The zero-order chi connectivity index (χ0) is 19.6. The van der Waals surface area contributed by atoms with Gasteiger partial charge in [-0.05, 0) is 74.6 Å². The third kappa shape index (κ3) is 4.58. The van der Waals surface area contributed by atoms with Gasteiger partial charge in [0.05, 0.1) is 0 Å². The van der Waals surface area contributed by atoms with E-state index in [-0.39, 0.29) is 5.56 Å². The number of hydrogen-bond donors (Lipinski definition) is 2. The summed E-state index contributed by atoms with van der Waals surface area (Å²) in [6.45, 7) is 11.5. The van der Waals surface area contributed by atoms with E-state index < -0.39 is 11.7 Å². The molecule has 2 fully saturated rings. The molecule has 0 radical (unpaired) electrons. The van der Waals surface area contributed by atoms with Gasteiger partial charge in [-0.1, -0.05) is 32.1 Å². The highest BCUT2D eigenvalue weighted by molar-refractivity contribution is 5.93. The number of benzene rings is 1. The fraction of sp³-hybridized carbons (Fsp3) is 0.591. The van der Waals surface area contributed by atoms with Gasteiger partial charge in [0.2, 0.25) is 0 Å². The summed E-state index contributed by atoms with van der Waals surface area (Å²) in [6, 6.07) is 4.37. The number of halogens is 1. The minimum absolute atomic E-state index is 0.122. The average molecular weight is 375 g/mol. The number of hydroxylamine groups is 1. The van der Waals surface area contributed by atoms with Crippen LogP contribution in [-0.4, -0.2) is 29.1 Å². The lowest BCUT2D eigenvalue weighted by Gasteiger charge is -2.47. The average Bonchev–Trinajstić information content (AvgIpc) is 2.64. The molecule has 4 nitrogen and oxygen atoms in total. The maximum Gasteiger partial charge on any atom is 0.274 e. The Hall–Kier alpha value is -1.72. The molecule has 2 aliphatic rings. The molecule has 2 unspecified atom stereocenters. The van der Waals surface area contributed by atoms with Crippen LogP contribution in [0.5, 0.6) is 0 Å². The lowest BCUT2D eigenvalue weighted by Crippen LogP contribution is -2.43. The van der Waals surface area contributed by atoms with E-state index >= 15 is 0 Å². The van der Waals surface area contributed by atoms with Crippen LogP contribution in [0.2, 0.25) is 0 Å². The molecule has 0 bridgehead atoms. The first-order valence-electron chi connectivity index (χ1n) is 9.92. The SMILES string of the molecule is C=C1CC(C)CC(C2(C)CCN(Cc3ccc(C(=O)NO)cc3F)CC2)C1. The van der Waals surface area contributed by atoms with Crippen molar-refractivity contribution in [2.24, 2.45) is 17.3 Å². The third-order valence-corrected chi connectivity index (χ3v) is 6.65. The predicted octanol–water partition coefficient (Wildman–Crippen LogP) is 4.54. The summed E-state index contributed by atoms with van der Waals surface area (Å²) in [5.74, 6) is 0.345. The largest absolute Gasteiger partial charge is 0.299 e. The Bertz CT molecular complexity index is 710. The minimum Gasteiger partial charge on any atom is -0.299 e. The molecule has 0 spiro atoms. The molecule has 1 heterocycles. The van der Waals surface area contributed by atoms with Crippen molar-refractivity contribution >= 4 is 5.91 Å². The molecule has 1 saturated carbocycles. The first-order valence-corrected chi connectivity index (χ1v) is 9.92. The van der Waals surface area contributed by atoms with Crippen LogP contribution in [-0.2, 0) is 6.54 Å². The molecule has 1 aliphatic heterocycles. The molecule has 148 valence electrons. The van der Waals surface area contributed by atoms with E-state index in [1.165, 1.54) is 30.0 Å². The Morgan fingerprint density at radius 1 is 1.37 bits per heavy atom. The standard InChI is InChI=1S/C22H31FN2O2/c1-15-10-16(2)12-19(11-15)22(3)6-8-25(9-7-22)14-18-5-4-17(13-20(18)23)21(26)24-27/h4-5,13,16,19,27H,1,6-12,14H2,2-3H3,(H,24,26). The topological polar surface area (TPSA) is 52.6 Å². The first kappa shape index (κ1) is 20.0. The molecule has 1 aromatic rings. The number of nitrogens with one attached hydrogen (secondary N) is 1. The lowest BCUT2D eigenvalue weighted by atomic mass is 9.62. The summed E-state index contributed by atoms with van der Waals surface area (Å²) in [4.78, 5) is 13.7. The van der Waals surface area contributed by atoms with Crippen LogP contribution in [0.1, 0.15) is 61.9 Å². The number of piperidine rings is 1. The van der Waals surface area contributed by atoms with Gasteiger partial charge in [-0.15, -0.1) is 0 Å². The van der Waals surface area contributed by atoms with Crippen molar-refractivity contribution in [3.05, 3.63) is 47.3 Å². The van der Waals surface area contributed by atoms with Gasteiger partial charge in [-0.2, -0.15) is 0 Å². The fourth-order valence-corrected chi connectivity index (χ4v) is 4.86. The van der Waals surface area contributed by atoms with Gasteiger partial charge >= 0.3 is 0 Å². The normalized spacial score (nSPS) is 26.0. The van der Waals surface area contributed by atoms with E-state index in [1.54, 1.807) is 12.1 Å². The maximum atomic E-state index is 14.3. The Balaban J connectivity index is 1.59. The smallest absolute Gasteiger partial charge is 0.274 e. The molecule has 5 heteroatoms. The van der Waals surface area contributed by atoms with E-state index in [2.05, 4.69) is 25.3 Å². The molecule has 3 rings (SSSR count). The molecule has 1 aliphatic carbocycles. The third-order valence-electron chi connectivity index (χ3n) is 6.65. The number of carbonyl (C=O) groups excluding carboxylic acids is 1. The molecule has 1 saturated heterocycles. The van der Waals surface area contributed by atoms with Crippen molar-refractivity contribution in [1.29, 1.82) is 0 Å². The summed E-state index contributed by atoms with van der Waals surface area (Å²) in [7, 11) is 0. The second kappa shape index (κ2) is 8.11. The Labute approximate surface area is 161 Å². The predicted molar refractivity (Wildman–Crippen MR) is 104 cm³/mol. The summed E-state index contributed by atoms with van der Waals surface area (Å²) < 4.78 is 14.3. The zero-order valence-electron chi connectivity index (χ0n) is 16.4. The number of carbonyl (C=O) groups is 1. The van der Waals surface area contributed by atoms with Crippen molar-refractivity contribution < 1.29 is 14.4 Å². The highest BCUT2D eigenvalue weighted by Crippen LogP contribution is 2.47. The molecular formula is C22H31FN2O2. The second-order valence-corrected chi connectivity index (χ2v) is 8.87. The van der Waals surface area contributed by atoms with Crippen LogP contribution >= 0.6 is 0 Å². The maximum absolute atomic E-state index is 14.3. The highest BCUT2D eigenvalue weighted by atomic mass is 19.1. The van der Waals surface area contributed by atoms with Crippen molar-refractivity contribution in [3.8, 4) is 0 Å². The summed E-state index contributed by atoms with van der Waals surface area (Å²) >= 11 is 0. The van der Waals surface area contributed by atoms with Crippen molar-refractivity contribution in [1.82, 2.24) is 10.4 Å². The molecule has 2 N–H and O–H groups in total. The van der Waals surface area contributed by atoms with E-state index in [0.717, 1.165) is 38.3 Å². The van der Waals surface area contributed by atoms with Gasteiger partial charge < -0.3 is 0 Å². The monoisotopic (exact) mass is 374 g/mol. The molecule has 2 atom stereocenters. The number of amides is 1. The van der Waals surface area contributed by atoms with Gasteiger partial charge in [0.1, 0.15) is 5.82 Å². The lowest BCUT2D eigenvalue weighted by molar-refractivity contribution is 0.0416. The first-order chi connectivity index (χ1) is 12.8. The van der Waals surface area contributed by atoms with Gasteiger partial charge in [0, 0.05) is 17.7 Å².